The number of hydrogen-bond donors (Lipinski definition) is 2. The van der Waals surface area contributed by atoms with Crippen LogP contribution in [0.2, 0.25) is 0 Å². The van der Waals surface area contributed by atoms with Crippen LogP contribution in [0.5, 0.6) is 0 Å². The first-order chi connectivity index (χ1) is 6.15. The summed E-state index contributed by atoms with van der Waals surface area (Å²) >= 11 is 5.38. The first kappa shape index (κ1) is 9.86. The largest absolute Gasteiger partial charge is 0.398 e. The molecule has 0 saturated carbocycles. The highest BCUT2D eigenvalue weighted by Crippen LogP contribution is 2.19. The number of hydrogen-bond acceptors (Lipinski definition) is 3. The zero-order valence-corrected chi connectivity index (χ0v) is 7.84. The number of alkyl halides is 1. The molecule has 0 aliphatic rings. The second kappa shape index (κ2) is 4.14. The molecule has 0 amide bonds. The average molecular weight is 199 g/mol. The molecule has 4 heteroatoms. The number of anilines is 2. The Labute approximate surface area is 81.7 Å². The lowest BCUT2D eigenvalue weighted by atomic mass is 10.1. The van der Waals surface area contributed by atoms with Crippen molar-refractivity contribution in [3.8, 4) is 0 Å². The van der Waals surface area contributed by atoms with Crippen molar-refractivity contribution in [2.24, 2.45) is 0 Å². The van der Waals surface area contributed by atoms with Gasteiger partial charge in [-0.2, -0.15) is 0 Å². The molecule has 4 N–H and O–H groups in total. The molecule has 0 aliphatic carbocycles. The Morgan fingerprint density at radius 1 is 1.31 bits per heavy atom. The molecule has 13 heavy (non-hydrogen) atoms. The van der Waals surface area contributed by atoms with Crippen molar-refractivity contribution in [2.45, 2.75) is 6.42 Å². The summed E-state index contributed by atoms with van der Waals surface area (Å²) in [7, 11) is 0. The average Bonchev–Trinajstić information content (AvgIpc) is 2.11. The normalized spacial score (nSPS) is 9.92. The third kappa shape index (κ3) is 2.36. The van der Waals surface area contributed by atoms with Gasteiger partial charge in [0.2, 0.25) is 0 Å². The Bertz CT molecular complexity index is 305. The highest BCUT2D eigenvalue weighted by Gasteiger charge is 2.07. The summed E-state index contributed by atoms with van der Waals surface area (Å²) < 4.78 is 0. The summed E-state index contributed by atoms with van der Waals surface area (Å²) in [6.07, 6.45) is 0.210. The summed E-state index contributed by atoms with van der Waals surface area (Å²) in [6.45, 7) is 0. The van der Waals surface area contributed by atoms with Crippen LogP contribution in [0.3, 0.4) is 0 Å². The summed E-state index contributed by atoms with van der Waals surface area (Å²) in [5.74, 6) is -0.0837. The van der Waals surface area contributed by atoms with Crippen molar-refractivity contribution in [2.75, 3.05) is 17.3 Å². The van der Waals surface area contributed by atoms with E-state index in [0.29, 0.717) is 16.9 Å². The van der Waals surface area contributed by atoms with Gasteiger partial charge in [0.05, 0.1) is 5.88 Å². The molecule has 70 valence electrons. The molecule has 0 unspecified atom stereocenters. The van der Waals surface area contributed by atoms with Gasteiger partial charge in [0.1, 0.15) is 0 Å². The van der Waals surface area contributed by atoms with Crippen LogP contribution in [0.25, 0.3) is 0 Å². The van der Waals surface area contributed by atoms with Gasteiger partial charge in [-0.3, -0.25) is 4.79 Å². The van der Waals surface area contributed by atoms with Gasteiger partial charge in [-0.15, -0.1) is 11.6 Å². The van der Waals surface area contributed by atoms with Crippen LogP contribution in [0.15, 0.2) is 18.2 Å². The Morgan fingerprint density at radius 3 is 2.31 bits per heavy atom. The number of rotatable bonds is 3. The predicted molar refractivity (Wildman–Crippen MR) is 54.7 cm³/mol. The summed E-state index contributed by atoms with van der Waals surface area (Å²) in [4.78, 5) is 11.0. The maximum absolute atomic E-state index is 11.0. The van der Waals surface area contributed by atoms with E-state index in [2.05, 4.69) is 0 Å². The van der Waals surface area contributed by atoms with Crippen molar-refractivity contribution in [3.05, 3.63) is 23.8 Å². The molecule has 0 aromatic heterocycles. The number of carbonyl (C=O) groups excluding carboxylic acids is 1. The van der Waals surface area contributed by atoms with E-state index in [-0.39, 0.29) is 18.1 Å². The summed E-state index contributed by atoms with van der Waals surface area (Å²) in [6, 6.07) is 5.18. The van der Waals surface area contributed by atoms with Crippen LogP contribution in [-0.2, 0) is 11.2 Å². The number of nitrogen functional groups attached to an aromatic ring is 2. The summed E-state index contributed by atoms with van der Waals surface area (Å²) in [5.41, 5.74) is 13.1. The minimum absolute atomic E-state index is 0.00618. The lowest BCUT2D eigenvalue weighted by molar-refractivity contribution is -0.116. The van der Waals surface area contributed by atoms with Crippen LogP contribution < -0.4 is 11.5 Å². The van der Waals surface area contributed by atoms with Crippen molar-refractivity contribution in [1.29, 1.82) is 0 Å². The van der Waals surface area contributed by atoms with Crippen molar-refractivity contribution < 1.29 is 4.79 Å². The van der Waals surface area contributed by atoms with E-state index in [1.54, 1.807) is 18.2 Å². The van der Waals surface area contributed by atoms with E-state index in [4.69, 9.17) is 23.1 Å². The predicted octanol–water partition coefficient (Wildman–Crippen LogP) is 1.20. The van der Waals surface area contributed by atoms with Gasteiger partial charge >= 0.3 is 0 Å². The molecule has 0 heterocycles. The fourth-order valence-corrected chi connectivity index (χ4v) is 1.17. The van der Waals surface area contributed by atoms with E-state index in [1.165, 1.54) is 0 Å². The lowest BCUT2D eigenvalue weighted by Gasteiger charge is -2.06. The minimum Gasteiger partial charge on any atom is -0.398 e. The molecular formula is C9H11ClN2O. The van der Waals surface area contributed by atoms with Gasteiger partial charge in [-0.1, -0.05) is 6.07 Å². The van der Waals surface area contributed by atoms with Crippen LogP contribution in [-0.4, -0.2) is 11.7 Å². The van der Waals surface area contributed by atoms with Crippen molar-refractivity contribution >= 4 is 28.8 Å². The number of benzene rings is 1. The number of nitrogens with two attached hydrogens (primary N) is 2. The van der Waals surface area contributed by atoms with Crippen molar-refractivity contribution in [3.63, 3.8) is 0 Å². The van der Waals surface area contributed by atoms with Gasteiger partial charge in [-0.25, -0.2) is 0 Å². The number of halogens is 1. The maximum Gasteiger partial charge on any atom is 0.152 e. The van der Waals surface area contributed by atoms with E-state index in [0.717, 1.165) is 0 Å². The smallest absolute Gasteiger partial charge is 0.152 e. The van der Waals surface area contributed by atoms with E-state index in [1.807, 2.05) is 0 Å². The Hall–Kier alpha value is -1.22. The third-order valence-corrected chi connectivity index (χ3v) is 2.07. The second-order valence-electron chi connectivity index (χ2n) is 2.76. The molecule has 0 fully saturated rings. The summed E-state index contributed by atoms with van der Waals surface area (Å²) in [5, 5.41) is 0. The van der Waals surface area contributed by atoms with E-state index in [9.17, 15) is 4.79 Å². The number of ketones is 1. The van der Waals surface area contributed by atoms with Crippen LogP contribution in [0.4, 0.5) is 11.4 Å². The standard InChI is InChI=1S/C9H11ClN2O/c10-5-6(13)4-7-8(11)2-1-3-9(7)12/h1-3H,4-5,11-12H2. The topological polar surface area (TPSA) is 69.1 Å². The number of carbonyl (C=O) groups is 1. The Morgan fingerprint density at radius 2 is 1.85 bits per heavy atom. The van der Waals surface area contributed by atoms with E-state index < -0.39 is 0 Å². The lowest BCUT2D eigenvalue weighted by Crippen LogP contribution is -2.08. The molecule has 1 aromatic carbocycles. The monoisotopic (exact) mass is 198 g/mol. The molecule has 1 rings (SSSR count). The molecule has 1 aromatic rings. The minimum atomic E-state index is -0.0775. The van der Waals surface area contributed by atoms with Crippen LogP contribution in [0.1, 0.15) is 5.56 Å². The molecule has 0 atom stereocenters. The number of Topliss-reactive ketones (excluding diaryl/α,β-unsaturated/α-hetero) is 1. The maximum atomic E-state index is 11.0. The van der Waals surface area contributed by atoms with Gasteiger partial charge in [0.15, 0.2) is 5.78 Å². The molecule has 0 bridgehead atoms. The van der Waals surface area contributed by atoms with Crippen LogP contribution in [0, 0.1) is 0 Å². The molecule has 0 aliphatic heterocycles. The molecule has 0 spiro atoms. The van der Waals surface area contributed by atoms with E-state index >= 15 is 0 Å². The third-order valence-electron chi connectivity index (χ3n) is 1.77. The SMILES string of the molecule is Nc1cccc(N)c1CC(=O)CCl. The molecule has 0 saturated heterocycles. The highest BCUT2D eigenvalue weighted by atomic mass is 35.5. The zero-order chi connectivity index (χ0) is 9.84. The fourth-order valence-electron chi connectivity index (χ4n) is 1.07. The molecular weight excluding hydrogens is 188 g/mol. The zero-order valence-electron chi connectivity index (χ0n) is 7.09. The fraction of sp³-hybridized carbons (Fsp3) is 0.222. The van der Waals surface area contributed by atoms with Gasteiger partial charge in [-0.05, 0) is 12.1 Å². The molecule has 0 radical (unpaired) electrons. The highest BCUT2D eigenvalue weighted by molar-refractivity contribution is 6.27. The quantitative estimate of drug-likeness (QED) is 0.567. The molecule has 3 nitrogen and oxygen atoms in total. The van der Waals surface area contributed by atoms with Crippen LogP contribution >= 0.6 is 11.6 Å². The van der Waals surface area contributed by atoms with Gasteiger partial charge < -0.3 is 11.5 Å². The first-order valence-corrected chi connectivity index (χ1v) is 4.39. The Balaban J connectivity index is 2.93. The van der Waals surface area contributed by atoms with Gasteiger partial charge in [0, 0.05) is 23.4 Å². The van der Waals surface area contributed by atoms with Crippen molar-refractivity contribution in [1.82, 2.24) is 0 Å². The first-order valence-electron chi connectivity index (χ1n) is 3.85. The Kier molecular flexibility index (Phi) is 3.14. The second-order valence-corrected chi connectivity index (χ2v) is 3.03. The van der Waals surface area contributed by atoms with Gasteiger partial charge in [0.25, 0.3) is 0 Å².